The Labute approximate surface area is 108 Å². The molecule has 1 atom stereocenters. The molecule has 1 N–H and O–H groups in total. The maximum absolute atomic E-state index is 12.1. The number of halogens is 1. The topological polar surface area (TPSA) is 57.6 Å². The molecule has 0 heterocycles. The zero-order valence-corrected chi connectivity index (χ0v) is 11.5. The zero-order valence-electron chi connectivity index (χ0n) is 9.90. The van der Waals surface area contributed by atoms with Gasteiger partial charge in [0.15, 0.2) is 0 Å². The molecule has 17 heavy (non-hydrogen) atoms. The van der Waals surface area contributed by atoms with Crippen molar-refractivity contribution in [1.82, 2.24) is 4.90 Å². The third-order valence-electron chi connectivity index (χ3n) is 2.68. The Kier molecular flexibility index (Phi) is 4.28. The molecule has 0 saturated heterocycles. The van der Waals surface area contributed by atoms with Gasteiger partial charge in [0, 0.05) is 17.1 Å². The van der Waals surface area contributed by atoms with E-state index in [1.807, 2.05) is 13.0 Å². The van der Waals surface area contributed by atoms with Crippen LogP contribution in [0.2, 0.25) is 0 Å². The van der Waals surface area contributed by atoms with E-state index in [0.717, 1.165) is 10.0 Å². The third kappa shape index (κ3) is 3.06. The second kappa shape index (κ2) is 5.31. The number of carboxylic acid groups (broad SMARTS) is 1. The molecule has 0 bridgehead atoms. The minimum atomic E-state index is -1.02. The van der Waals surface area contributed by atoms with E-state index in [1.165, 1.54) is 18.9 Å². The average molecular weight is 300 g/mol. The SMILES string of the molecule is Cc1cc(Br)ccc1C(=O)N(C)C(C)C(=O)O. The summed E-state index contributed by atoms with van der Waals surface area (Å²) in [5.41, 5.74) is 1.33. The van der Waals surface area contributed by atoms with Crippen molar-refractivity contribution < 1.29 is 14.7 Å². The lowest BCUT2D eigenvalue weighted by atomic mass is 10.1. The van der Waals surface area contributed by atoms with Crippen molar-refractivity contribution in [3.05, 3.63) is 33.8 Å². The number of amides is 1. The van der Waals surface area contributed by atoms with Crippen LogP contribution in [-0.4, -0.2) is 35.0 Å². The Morgan fingerprint density at radius 2 is 2.00 bits per heavy atom. The molecule has 0 aliphatic heterocycles. The molecule has 1 unspecified atom stereocenters. The maximum Gasteiger partial charge on any atom is 0.326 e. The first-order chi connectivity index (χ1) is 7.84. The summed E-state index contributed by atoms with van der Waals surface area (Å²) in [6.07, 6.45) is 0. The molecule has 1 amide bonds. The minimum absolute atomic E-state index is 0.287. The number of benzene rings is 1. The van der Waals surface area contributed by atoms with Crippen LogP contribution in [0.4, 0.5) is 0 Å². The summed E-state index contributed by atoms with van der Waals surface area (Å²) >= 11 is 3.32. The highest BCUT2D eigenvalue weighted by Crippen LogP contribution is 2.17. The Balaban J connectivity index is 3.00. The van der Waals surface area contributed by atoms with Crippen LogP contribution in [-0.2, 0) is 4.79 Å². The van der Waals surface area contributed by atoms with Crippen molar-refractivity contribution in [1.29, 1.82) is 0 Å². The lowest BCUT2D eigenvalue weighted by Gasteiger charge is -2.22. The molecule has 1 aromatic carbocycles. The lowest BCUT2D eigenvalue weighted by Crippen LogP contribution is -2.40. The number of nitrogens with zero attached hydrogens (tertiary/aromatic N) is 1. The van der Waals surface area contributed by atoms with Crippen LogP contribution in [0.15, 0.2) is 22.7 Å². The number of aliphatic carboxylic acids is 1. The van der Waals surface area contributed by atoms with E-state index in [1.54, 1.807) is 12.1 Å². The van der Waals surface area contributed by atoms with E-state index in [2.05, 4.69) is 15.9 Å². The summed E-state index contributed by atoms with van der Waals surface area (Å²) in [7, 11) is 1.49. The second-order valence-corrected chi connectivity index (χ2v) is 4.81. The number of carbonyl (C=O) groups excluding carboxylic acids is 1. The first-order valence-electron chi connectivity index (χ1n) is 5.10. The molecule has 0 spiro atoms. The Morgan fingerprint density at radius 1 is 1.41 bits per heavy atom. The van der Waals surface area contributed by atoms with Gasteiger partial charge in [-0.2, -0.15) is 0 Å². The largest absolute Gasteiger partial charge is 0.480 e. The highest BCUT2D eigenvalue weighted by Gasteiger charge is 2.23. The van der Waals surface area contributed by atoms with Gasteiger partial charge in [0.05, 0.1) is 0 Å². The quantitative estimate of drug-likeness (QED) is 0.932. The van der Waals surface area contributed by atoms with Crippen molar-refractivity contribution in [2.75, 3.05) is 7.05 Å². The van der Waals surface area contributed by atoms with Gasteiger partial charge >= 0.3 is 5.97 Å². The predicted molar refractivity (Wildman–Crippen MR) is 68.1 cm³/mol. The van der Waals surface area contributed by atoms with Gasteiger partial charge in [-0.15, -0.1) is 0 Å². The molecule has 1 aromatic rings. The van der Waals surface area contributed by atoms with Crippen molar-refractivity contribution in [3.8, 4) is 0 Å². The molecule has 4 nitrogen and oxygen atoms in total. The molecule has 92 valence electrons. The third-order valence-corrected chi connectivity index (χ3v) is 3.17. The van der Waals surface area contributed by atoms with Crippen LogP contribution >= 0.6 is 15.9 Å². The molecule has 0 aliphatic carbocycles. The van der Waals surface area contributed by atoms with Gasteiger partial charge in [0.1, 0.15) is 6.04 Å². The first kappa shape index (κ1) is 13.7. The molecule has 0 aliphatic rings. The maximum atomic E-state index is 12.1. The number of rotatable bonds is 3. The first-order valence-corrected chi connectivity index (χ1v) is 5.90. The number of carboxylic acids is 1. The van der Waals surface area contributed by atoms with Gasteiger partial charge in [0.25, 0.3) is 5.91 Å². The number of likely N-dealkylation sites (N-methyl/N-ethyl adjacent to an activating group) is 1. The fraction of sp³-hybridized carbons (Fsp3) is 0.333. The summed E-state index contributed by atoms with van der Waals surface area (Å²) in [5, 5.41) is 8.86. The van der Waals surface area contributed by atoms with Crippen LogP contribution in [0.1, 0.15) is 22.8 Å². The van der Waals surface area contributed by atoms with Crippen LogP contribution in [0.25, 0.3) is 0 Å². The van der Waals surface area contributed by atoms with Crippen molar-refractivity contribution in [2.24, 2.45) is 0 Å². The van der Waals surface area contributed by atoms with Crippen molar-refractivity contribution in [3.63, 3.8) is 0 Å². The van der Waals surface area contributed by atoms with Gasteiger partial charge in [0.2, 0.25) is 0 Å². The highest BCUT2D eigenvalue weighted by atomic mass is 79.9. The fourth-order valence-corrected chi connectivity index (χ4v) is 1.87. The highest BCUT2D eigenvalue weighted by molar-refractivity contribution is 9.10. The predicted octanol–water partition coefficient (Wildman–Crippen LogP) is 2.30. The number of hydrogen-bond acceptors (Lipinski definition) is 2. The molecule has 0 saturated carbocycles. The zero-order chi connectivity index (χ0) is 13.2. The molecule has 0 fully saturated rings. The standard InChI is InChI=1S/C12H14BrNO3/c1-7-6-9(13)4-5-10(7)11(15)14(3)8(2)12(16)17/h4-6,8H,1-3H3,(H,16,17). The average Bonchev–Trinajstić information content (AvgIpc) is 2.26. The molecule has 1 rings (SSSR count). The van der Waals surface area contributed by atoms with E-state index in [4.69, 9.17) is 5.11 Å². The summed E-state index contributed by atoms with van der Waals surface area (Å²) in [6, 6.07) is 4.43. The second-order valence-electron chi connectivity index (χ2n) is 3.89. The Morgan fingerprint density at radius 3 is 2.47 bits per heavy atom. The van der Waals surface area contributed by atoms with Crippen LogP contribution < -0.4 is 0 Å². The lowest BCUT2D eigenvalue weighted by molar-refractivity contribution is -0.141. The van der Waals surface area contributed by atoms with Gasteiger partial charge in [-0.05, 0) is 37.6 Å². The normalized spacial score (nSPS) is 12.0. The van der Waals surface area contributed by atoms with Crippen LogP contribution in [0.3, 0.4) is 0 Å². The summed E-state index contributed by atoms with van der Waals surface area (Å²) in [5.74, 6) is -1.31. The molecule has 5 heteroatoms. The fourth-order valence-electron chi connectivity index (χ4n) is 1.40. The Bertz CT molecular complexity index is 459. The number of hydrogen-bond donors (Lipinski definition) is 1. The van der Waals surface area contributed by atoms with Crippen LogP contribution in [0.5, 0.6) is 0 Å². The molecular formula is C12H14BrNO3. The van der Waals surface area contributed by atoms with E-state index in [9.17, 15) is 9.59 Å². The van der Waals surface area contributed by atoms with E-state index >= 15 is 0 Å². The minimum Gasteiger partial charge on any atom is -0.480 e. The molecule has 0 aromatic heterocycles. The number of carbonyl (C=O) groups is 2. The molecule has 0 radical (unpaired) electrons. The smallest absolute Gasteiger partial charge is 0.326 e. The van der Waals surface area contributed by atoms with E-state index in [0.29, 0.717) is 5.56 Å². The number of aryl methyl sites for hydroxylation is 1. The van der Waals surface area contributed by atoms with Crippen molar-refractivity contribution in [2.45, 2.75) is 19.9 Å². The molecular weight excluding hydrogens is 286 g/mol. The summed E-state index contributed by atoms with van der Waals surface area (Å²) in [6.45, 7) is 3.30. The van der Waals surface area contributed by atoms with Gasteiger partial charge in [-0.3, -0.25) is 4.79 Å². The van der Waals surface area contributed by atoms with Gasteiger partial charge in [-0.25, -0.2) is 4.79 Å². The van der Waals surface area contributed by atoms with Gasteiger partial charge < -0.3 is 10.0 Å². The monoisotopic (exact) mass is 299 g/mol. The Hall–Kier alpha value is -1.36. The van der Waals surface area contributed by atoms with Crippen molar-refractivity contribution >= 4 is 27.8 Å². The van der Waals surface area contributed by atoms with Crippen LogP contribution in [0, 0.1) is 6.92 Å². The summed E-state index contributed by atoms with van der Waals surface area (Å²) in [4.78, 5) is 24.1. The summed E-state index contributed by atoms with van der Waals surface area (Å²) < 4.78 is 0.889. The van der Waals surface area contributed by atoms with E-state index < -0.39 is 12.0 Å². The van der Waals surface area contributed by atoms with E-state index in [-0.39, 0.29) is 5.91 Å². The van der Waals surface area contributed by atoms with Gasteiger partial charge in [-0.1, -0.05) is 15.9 Å².